The van der Waals surface area contributed by atoms with Crippen LogP contribution in [0.1, 0.15) is 47.6 Å². The van der Waals surface area contributed by atoms with Gasteiger partial charge in [0.05, 0.1) is 11.7 Å². The van der Waals surface area contributed by atoms with Crippen molar-refractivity contribution in [3.05, 3.63) is 173 Å². The van der Waals surface area contributed by atoms with Crippen LogP contribution in [0.5, 0.6) is 0 Å². The lowest BCUT2D eigenvalue weighted by Crippen LogP contribution is -2.32. The minimum Gasteiger partial charge on any atom is -0.302 e. The van der Waals surface area contributed by atoms with Crippen LogP contribution < -0.4 is 4.90 Å². The number of aryl methyl sites for hydroxylation is 2. The van der Waals surface area contributed by atoms with Crippen LogP contribution in [-0.2, 0) is 5.41 Å². The van der Waals surface area contributed by atoms with E-state index in [1.165, 1.54) is 66.9 Å². The van der Waals surface area contributed by atoms with E-state index in [0.29, 0.717) is 0 Å². The first kappa shape index (κ1) is 28.7. The number of fused-ring (bicyclic) bond motifs is 6. The zero-order valence-electron chi connectivity index (χ0n) is 27.8. The van der Waals surface area contributed by atoms with E-state index in [-0.39, 0.29) is 17.4 Å². The van der Waals surface area contributed by atoms with Crippen molar-refractivity contribution in [2.24, 2.45) is 0 Å². The molecule has 0 N–H and O–H groups in total. The molecule has 0 amide bonds. The summed E-state index contributed by atoms with van der Waals surface area (Å²) in [6.45, 7) is 9.10. The van der Waals surface area contributed by atoms with Crippen molar-refractivity contribution in [1.29, 1.82) is 0 Å². The van der Waals surface area contributed by atoms with Gasteiger partial charge in [-0.3, -0.25) is 0 Å². The van der Waals surface area contributed by atoms with Crippen molar-refractivity contribution in [3.63, 3.8) is 0 Å². The molecule has 0 bridgehead atoms. The standard InChI is InChI=1S/C45H37N3/c1-28-18-20-31(30-12-6-5-7-13-30)24-35(28)36-25-32(21-19-29(36)2)41-22-23-46-44(47-41)48-42-17-11-9-15-34(42)38-26-37-33-14-8-10-16-39(33)45(3,4)40(37)27-43(38)48/h5-27,38,43H,1-4H3. The van der Waals surface area contributed by atoms with E-state index in [0.717, 1.165) is 17.2 Å². The number of hydrogen-bond donors (Lipinski definition) is 0. The zero-order valence-corrected chi connectivity index (χ0v) is 27.8. The third-order valence-electron chi connectivity index (χ3n) is 10.8. The Labute approximate surface area is 283 Å². The second kappa shape index (κ2) is 10.7. The number of hydrogen-bond acceptors (Lipinski definition) is 3. The molecule has 3 heteroatoms. The third kappa shape index (κ3) is 4.34. The Balaban J connectivity index is 1.13. The lowest BCUT2D eigenvalue weighted by molar-refractivity contribution is 0.637. The van der Waals surface area contributed by atoms with Gasteiger partial charge in [-0.05, 0) is 99.3 Å². The monoisotopic (exact) mass is 619 g/mol. The smallest absolute Gasteiger partial charge is 0.231 e. The molecule has 0 saturated heterocycles. The van der Waals surface area contributed by atoms with Gasteiger partial charge in [0, 0.05) is 28.8 Å². The number of anilines is 2. The van der Waals surface area contributed by atoms with E-state index in [2.05, 4.69) is 160 Å². The number of nitrogens with zero attached hydrogens (tertiary/aromatic N) is 3. The van der Waals surface area contributed by atoms with Gasteiger partial charge in [0.1, 0.15) is 0 Å². The average molecular weight is 620 g/mol. The molecule has 2 unspecified atom stereocenters. The van der Waals surface area contributed by atoms with Crippen molar-refractivity contribution in [3.8, 4) is 33.5 Å². The molecule has 2 atom stereocenters. The first-order chi connectivity index (χ1) is 23.4. The predicted octanol–water partition coefficient (Wildman–Crippen LogP) is 11.0. The lowest BCUT2D eigenvalue weighted by atomic mass is 9.77. The van der Waals surface area contributed by atoms with Crippen LogP contribution in [0.2, 0.25) is 0 Å². The Hall–Kier alpha value is -5.54. The van der Waals surface area contributed by atoms with Crippen LogP contribution in [0.4, 0.5) is 11.6 Å². The Morgan fingerprint density at radius 1 is 0.625 bits per heavy atom. The van der Waals surface area contributed by atoms with E-state index in [1.807, 2.05) is 12.3 Å². The molecule has 2 aliphatic carbocycles. The fourth-order valence-electron chi connectivity index (χ4n) is 8.24. The van der Waals surface area contributed by atoms with Crippen molar-refractivity contribution >= 4 is 17.2 Å². The summed E-state index contributed by atoms with van der Waals surface area (Å²) in [6.07, 6.45) is 6.93. The quantitative estimate of drug-likeness (QED) is 0.197. The van der Waals surface area contributed by atoms with Gasteiger partial charge in [-0.2, -0.15) is 0 Å². The summed E-state index contributed by atoms with van der Waals surface area (Å²) in [5, 5.41) is 0. The molecule has 5 aromatic carbocycles. The highest BCUT2D eigenvalue weighted by Crippen LogP contribution is 2.57. The van der Waals surface area contributed by atoms with Crippen LogP contribution >= 0.6 is 0 Å². The minimum atomic E-state index is -0.0647. The molecular weight excluding hydrogens is 583 g/mol. The summed E-state index contributed by atoms with van der Waals surface area (Å²) in [7, 11) is 0. The molecule has 1 aromatic heterocycles. The molecule has 6 aromatic rings. The van der Waals surface area contributed by atoms with Crippen LogP contribution in [-0.4, -0.2) is 16.0 Å². The van der Waals surface area contributed by atoms with Gasteiger partial charge in [-0.1, -0.05) is 123 Å². The SMILES string of the molecule is Cc1ccc(-c2ccccc2)cc1-c1cc(-c2ccnc(N3c4ccccc4C4C=C5C(=CC43)C(C)(C)c3ccccc35)n2)ccc1C. The van der Waals surface area contributed by atoms with Crippen LogP contribution in [0, 0.1) is 13.8 Å². The summed E-state index contributed by atoms with van der Waals surface area (Å²) in [5.41, 5.74) is 17.4. The number of aromatic nitrogens is 2. The summed E-state index contributed by atoms with van der Waals surface area (Å²) < 4.78 is 0. The van der Waals surface area contributed by atoms with Crippen LogP contribution in [0.3, 0.4) is 0 Å². The maximum atomic E-state index is 5.29. The Morgan fingerprint density at radius 3 is 2.12 bits per heavy atom. The largest absolute Gasteiger partial charge is 0.302 e. The van der Waals surface area contributed by atoms with E-state index in [4.69, 9.17) is 9.97 Å². The fraction of sp³-hybridized carbons (Fsp3) is 0.156. The summed E-state index contributed by atoms with van der Waals surface area (Å²) >= 11 is 0. The van der Waals surface area contributed by atoms with Gasteiger partial charge in [0.25, 0.3) is 0 Å². The molecule has 48 heavy (non-hydrogen) atoms. The minimum absolute atomic E-state index is 0.0647. The number of rotatable bonds is 4. The summed E-state index contributed by atoms with van der Waals surface area (Å²) in [4.78, 5) is 12.6. The Kier molecular flexibility index (Phi) is 6.42. The molecule has 1 aliphatic heterocycles. The summed E-state index contributed by atoms with van der Waals surface area (Å²) in [6, 6.07) is 43.9. The number of para-hydroxylation sites is 1. The van der Waals surface area contributed by atoms with Crippen molar-refractivity contribution in [1.82, 2.24) is 9.97 Å². The van der Waals surface area contributed by atoms with Gasteiger partial charge in [-0.15, -0.1) is 0 Å². The average Bonchev–Trinajstić information content (AvgIpc) is 3.56. The van der Waals surface area contributed by atoms with Crippen molar-refractivity contribution in [2.45, 2.75) is 45.1 Å². The van der Waals surface area contributed by atoms with Gasteiger partial charge in [-0.25, -0.2) is 9.97 Å². The predicted molar refractivity (Wildman–Crippen MR) is 198 cm³/mol. The van der Waals surface area contributed by atoms with Gasteiger partial charge >= 0.3 is 0 Å². The van der Waals surface area contributed by atoms with E-state index < -0.39 is 0 Å². The fourth-order valence-corrected chi connectivity index (χ4v) is 8.24. The molecule has 9 rings (SSSR count). The van der Waals surface area contributed by atoms with Crippen molar-refractivity contribution in [2.75, 3.05) is 4.90 Å². The summed E-state index contributed by atoms with van der Waals surface area (Å²) in [5.74, 6) is 0.957. The normalized spacial score (nSPS) is 18.4. The van der Waals surface area contributed by atoms with Crippen LogP contribution in [0.15, 0.2) is 145 Å². The van der Waals surface area contributed by atoms with Gasteiger partial charge in [0.15, 0.2) is 0 Å². The molecule has 232 valence electrons. The molecule has 0 radical (unpaired) electrons. The molecule has 3 aliphatic rings. The highest BCUT2D eigenvalue weighted by molar-refractivity contribution is 5.93. The molecule has 0 saturated carbocycles. The Morgan fingerprint density at radius 2 is 1.31 bits per heavy atom. The first-order valence-electron chi connectivity index (χ1n) is 16.9. The Bertz CT molecular complexity index is 2310. The second-order valence-corrected chi connectivity index (χ2v) is 13.9. The highest BCUT2D eigenvalue weighted by Gasteiger charge is 2.46. The molecule has 2 heterocycles. The molecule has 3 nitrogen and oxygen atoms in total. The van der Waals surface area contributed by atoms with E-state index >= 15 is 0 Å². The first-order valence-corrected chi connectivity index (χ1v) is 16.9. The topological polar surface area (TPSA) is 29.0 Å². The molecule has 0 spiro atoms. The molecule has 0 fully saturated rings. The van der Waals surface area contributed by atoms with Crippen molar-refractivity contribution < 1.29 is 0 Å². The van der Waals surface area contributed by atoms with Crippen LogP contribution in [0.25, 0.3) is 39.1 Å². The van der Waals surface area contributed by atoms with E-state index in [9.17, 15) is 0 Å². The highest BCUT2D eigenvalue weighted by atomic mass is 15.3. The van der Waals surface area contributed by atoms with Gasteiger partial charge in [0.2, 0.25) is 5.95 Å². The maximum absolute atomic E-state index is 5.29. The third-order valence-corrected chi connectivity index (χ3v) is 10.8. The zero-order chi connectivity index (χ0) is 32.6. The van der Waals surface area contributed by atoms with E-state index in [1.54, 1.807) is 0 Å². The number of allylic oxidation sites excluding steroid dienone is 2. The lowest BCUT2D eigenvalue weighted by Gasteiger charge is -2.32. The van der Waals surface area contributed by atoms with Gasteiger partial charge < -0.3 is 4.90 Å². The second-order valence-electron chi connectivity index (χ2n) is 13.9. The molecular formula is C45H37N3. The number of benzene rings is 5. The maximum Gasteiger partial charge on any atom is 0.231 e.